The van der Waals surface area contributed by atoms with E-state index in [9.17, 15) is 0 Å². The van der Waals surface area contributed by atoms with Crippen LogP contribution in [0.5, 0.6) is 0 Å². The standard InChI is InChI=1S/C8H10Cl5NS/c9-7-3-1-2-4-8(7)15(10,11,12,13)6-5-14/h1-4H,5-6,14H2. The van der Waals surface area contributed by atoms with E-state index in [1.165, 1.54) is 0 Å². The van der Waals surface area contributed by atoms with E-state index in [0.717, 1.165) is 0 Å². The first-order valence-electron chi connectivity index (χ1n) is 4.03. The van der Waals surface area contributed by atoms with Crippen molar-refractivity contribution in [1.82, 2.24) is 0 Å². The normalized spacial score (nSPS) is 16.9. The number of rotatable bonds is 3. The minimum atomic E-state index is -4.41. The molecule has 7 heteroatoms. The zero-order valence-corrected chi connectivity index (χ0v) is 12.2. The molecule has 0 aliphatic rings. The smallest absolute Gasteiger partial charge is 0.0554 e. The molecule has 0 saturated carbocycles. The van der Waals surface area contributed by atoms with Crippen LogP contribution in [0.1, 0.15) is 0 Å². The Bertz CT molecular complexity index is 384. The lowest BCUT2D eigenvalue weighted by molar-refractivity contribution is 1.14. The van der Waals surface area contributed by atoms with Crippen molar-refractivity contribution in [2.75, 3.05) is 12.3 Å². The maximum atomic E-state index is 6.23. The summed E-state index contributed by atoms with van der Waals surface area (Å²) in [6.07, 6.45) is 0. The summed E-state index contributed by atoms with van der Waals surface area (Å²) in [5.41, 5.74) is 5.42. The van der Waals surface area contributed by atoms with E-state index in [4.69, 9.17) is 60.1 Å². The molecule has 88 valence electrons. The first-order valence-corrected chi connectivity index (χ1v) is 10.3. The number of hydrogen-bond acceptors (Lipinski definition) is 1. The molecule has 0 unspecified atom stereocenters. The molecule has 1 nitrogen and oxygen atoms in total. The molecule has 0 bridgehead atoms. The van der Waals surface area contributed by atoms with Gasteiger partial charge in [-0.1, -0.05) is 23.7 Å². The topological polar surface area (TPSA) is 26.0 Å². The molecule has 1 aromatic rings. The SMILES string of the molecule is NCCS(Cl)(Cl)(Cl)(Cl)c1ccccc1Cl. The van der Waals surface area contributed by atoms with Gasteiger partial charge >= 0.3 is 0 Å². The molecule has 0 atom stereocenters. The Morgan fingerprint density at radius 1 is 1.07 bits per heavy atom. The van der Waals surface area contributed by atoms with Crippen LogP contribution in [0, 0.1) is 0 Å². The fraction of sp³-hybridized carbons (Fsp3) is 0.250. The Labute approximate surface area is 111 Å². The summed E-state index contributed by atoms with van der Waals surface area (Å²) in [6, 6.07) is 6.69. The van der Waals surface area contributed by atoms with E-state index >= 15 is 0 Å². The van der Waals surface area contributed by atoms with Crippen LogP contribution in [0.2, 0.25) is 5.02 Å². The molecule has 2 N–H and O–H groups in total. The van der Waals surface area contributed by atoms with Crippen LogP contribution >= 0.6 is 59.5 Å². The van der Waals surface area contributed by atoms with Crippen LogP contribution in [0.15, 0.2) is 29.2 Å². The summed E-state index contributed by atoms with van der Waals surface area (Å²) >= 11 is 5.97. The number of nitrogens with two attached hydrogens (primary N) is 1. The second-order valence-corrected chi connectivity index (χ2v) is 19.8. The van der Waals surface area contributed by atoms with E-state index < -0.39 is 5.15 Å². The molecule has 1 rings (SSSR count). The maximum absolute atomic E-state index is 6.23. The molecule has 0 radical (unpaired) electrons. The second-order valence-electron chi connectivity index (χ2n) is 3.16. The van der Waals surface area contributed by atoms with Gasteiger partial charge in [0.2, 0.25) is 0 Å². The van der Waals surface area contributed by atoms with Gasteiger partial charge in [-0.25, -0.2) is 0 Å². The third-order valence-corrected chi connectivity index (χ3v) is 8.53. The molecule has 0 fully saturated rings. The van der Waals surface area contributed by atoms with Gasteiger partial charge in [0.15, 0.2) is 0 Å². The van der Waals surface area contributed by atoms with Gasteiger partial charge in [0.25, 0.3) is 0 Å². The Hall–Kier alpha value is 0.980. The number of halogens is 5. The predicted molar refractivity (Wildman–Crippen MR) is 74.6 cm³/mol. The van der Waals surface area contributed by atoms with E-state index in [-0.39, 0.29) is 12.3 Å². The zero-order chi connectivity index (χ0) is 11.8. The van der Waals surface area contributed by atoms with Crippen molar-refractivity contribution in [3.8, 4) is 0 Å². The van der Waals surface area contributed by atoms with Gasteiger partial charge in [-0.3, -0.25) is 0 Å². The fourth-order valence-corrected chi connectivity index (χ4v) is 6.65. The minimum Gasteiger partial charge on any atom is -0.330 e. The predicted octanol–water partition coefficient (Wildman–Crippen LogP) is 5.15. The highest BCUT2D eigenvalue weighted by atomic mass is 36.4. The summed E-state index contributed by atoms with van der Waals surface area (Å²) in [5.74, 6) is 0.0654. The average Bonchev–Trinajstić information content (AvgIpc) is 2.01. The van der Waals surface area contributed by atoms with Gasteiger partial charge in [0.1, 0.15) is 0 Å². The molecule has 0 aromatic heterocycles. The monoisotopic (exact) mass is 327 g/mol. The molecule has 1 aromatic carbocycles. The van der Waals surface area contributed by atoms with Crippen molar-refractivity contribution in [1.29, 1.82) is 0 Å². The van der Waals surface area contributed by atoms with E-state index in [1.54, 1.807) is 24.3 Å². The van der Waals surface area contributed by atoms with Crippen molar-refractivity contribution in [3.63, 3.8) is 0 Å². The van der Waals surface area contributed by atoms with Crippen LogP contribution in [-0.2, 0) is 0 Å². The van der Waals surface area contributed by atoms with Crippen molar-refractivity contribution < 1.29 is 0 Å². The molecule has 0 spiro atoms. The summed E-state index contributed by atoms with van der Waals surface area (Å²) in [7, 11) is 24.9. The quantitative estimate of drug-likeness (QED) is 0.815. The molecular weight excluding hydrogens is 319 g/mol. The fourth-order valence-electron chi connectivity index (χ4n) is 1.16. The molecule has 0 aliphatic carbocycles. The molecule has 15 heavy (non-hydrogen) atoms. The Morgan fingerprint density at radius 3 is 2.07 bits per heavy atom. The highest BCUT2D eigenvalue weighted by Crippen LogP contribution is 3.09. The Kier molecular flexibility index (Phi) is 3.50. The largest absolute Gasteiger partial charge is 0.330 e. The van der Waals surface area contributed by atoms with E-state index in [2.05, 4.69) is 0 Å². The summed E-state index contributed by atoms with van der Waals surface area (Å²) < 4.78 is 0. The van der Waals surface area contributed by atoms with E-state index in [0.29, 0.717) is 9.92 Å². The zero-order valence-electron chi connectivity index (χ0n) is 7.60. The van der Waals surface area contributed by atoms with Gasteiger partial charge in [-0.05, 0) is 60.0 Å². The van der Waals surface area contributed by atoms with Gasteiger partial charge in [0.05, 0.1) is 5.02 Å². The molecule has 0 heterocycles. The second kappa shape index (κ2) is 3.74. The van der Waals surface area contributed by atoms with Crippen molar-refractivity contribution >= 4 is 59.5 Å². The van der Waals surface area contributed by atoms with Crippen LogP contribution in [0.3, 0.4) is 0 Å². The third kappa shape index (κ3) is 3.22. The third-order valence-electron chi connectivity index (χ3n) is 1.85. The lowest BCUT2D eigenvalue weighted by Gasteiger charge is -2.57. The van der Waals surface area contributed by atoms with Gasteiger partial charge < -0.3 is 5.73 Å². The maximum Gasteiger partial charge on any atom is 0.0554 e. The lowest BCUT2D eigenvalue weighted by Crippen LogP contribution is -2.20. The first-order chi connectivity index (χ1) is 6.59. The van der Waals surface area contributed by atoms with Gasteiger partial charge in [-0.2, -0.15) is 0 Å². The van der Waals surface area contributed by atoms with Crippen molar-refractivity contribution in [3.05, 3.63) is 29.3 Å². The van der Waals surface area contributed by atoms with E-state index in [1.807, 2.05) is 0 Å². The summed E-state index contributed by atoms with van der Waals surface area (Å²) in [5, 5.41) is -4.07. The molecule has 0 saturated heterocycles. The van der Waals surface area contributed by atoms with Gasteiger partial charge in [0, 0.05) is 17.2 Å². The molecular formula is C8H10Cl5NS. The average molecular weight is 330 g/mol. The Balaban J connectivity index is 3.44. The number of benzene rings is 1. The lowest BCUT2D eigenvalue weighted by atomic mass is 10.4. The van der Waals surface area contributed by atoms with Crippen LogP contribution in [0.4, 0.5) is 0 Å². The first kappa shape index (κ1) is 14.0. The molecule has 0 aliphatic heterocycles. The summed E-state index contributed by atoms with van der Waals surface area (Å²) in [4.78, 5) is 0.330. The molecule has 0 amide bonds. The van der Waals surface area contributed by atoms with Crippen LogP contribution < -0.4 is 5.73 Å². The van der Waals surface area contributed by atoms with Crippen LogP contribution in [-0.4, -0.2) is 12.3 Å². The minimum absolute atomic E-state index is 0.0654. The van der Waals surface area contributed by atoms with Crippen molar-refractivity contribution in [2.24, 2.45) is 5.73 Å². The van der Waals surface area contributed by atoms with Crippen molar-refractivity contribution in [2.45, 2.75) is 4.90 Å². The van der Waals surface area contributed by atoms with Crippen LogP contribution in [0.25, 0.3) is 0 Å². The van der Waals surface area contributed by atoms with Gasteiger partial charge in [-0.15, -0.1) is 0 Å². The summed E-state index contributed by atoms with van der Waals surface area (Å²) in [6.45, 7) is 0.173. The highest BCUT2D eigenvalue weighted by molar-refractivity contribution is 9.13. The highest BCUT2D eigenvalue weighted by Gasteiger charge is 2.56. The Morgan fingerprint density at radius 2 is 1.60 bits per heavy atom. The number of hydrogen-bond donors (Lipinski definition) is 1.